The monoisotopic (exact) mass is 311 g/mol. The van der Waals surface area contributed by atoms with Gasteiger partial charge in [0.15, 0.2) is 5.96 Å². The average Bonchev–Trinajstić information content (AvgIpc) is 2.96. The maximum atomic E-state index is 4.60. The summed E-state index contributed by atoms with van der Waals surface area (Å²) in [7, 11) is 1.77. The maximum absolute atomic E-state index is 4.60. The lowest BCUT2D eigenvalue weighted by atomic mass is 10.1. The molecule has 0 saturated carbocycles. The summed E-state index contributed by atoms with van der Waals surface area (Å²) < 4.78 is 1.95. The van der Waals surface area contributed by atoms with Gasteiger partial charge in [-0.3, -0.25) is 4.99 Å². The van der Waals surface area contributed by atoms with Crippen molar-refractivity contribution in [2.24, 2.45) is 4.99 Å². The summed E-state index contributed by atoms with van der Waals surface area (Å²) in [6.07, 6.45) is 5.95. The maximum Gasteiger partial charge on any atom is 0.191 e. The van der Waals surface area contributed by atoms with Crippen LogP contribution in [0.1, 0.15) is 17.7 Å². The number of para-hydroxylation sites is 1. The van der Waals surface area contributed by atoms with Crippen LogP contribution in [0.15, 0.2) is 54.2 Å². The zero-order chi connectivity index (χ0) is 16.5. The number of nitrogens with zero attached hydrogens (tertiary/aromatic N) is 3. The van der Waals surface area contributed by atoms with E-state index in [1.165, 1.54) is 5.56 Å². The van der Waals surface area contributed by atoms with Gasteiger partial charge in [0.05, 0.1) is 11.4 Å². The van der Waals surface area contributed by atoms with Crippen molar-refractivity contribution in [1.29, 1.82) is 0 Å². The van der Waals surface area contributed by atoms with E-state index >= 15 is 0 Å². The summed E-state index contributed by atoms with van der Waals surface area (Å²) in [4.78, 5) is 4.16. The van der Waals surface area contributed by atoms with Gasteiger partial charge in [0.25, 0.3) is 0 Å². The SMILES string of the molecule is C=CCNC(=NC)NCCCc1cn(-c2ccccc2)nc1C. The largest absolute Gasteiger partial charge is 0.356 e. The summed E-state index contributed by atoms with van der Waals surface area (Å²) in [5.74, 6) is 0.807. The summed E-state index contributed by atoms with van der Waals surface area (Å²) in [5, 5.41) is 11.1. The number of guanidine groups is 1. The van der Waals surface area contributed by atoms with Gasteiger partial charge in [-0.1, -0.05) is 24.3 Å². The first kappa shape index (κ1) is 16.8. The third kappa shape index (κ3) is 4.98. The lowest BCUT2D eigenvalue weighted by Crippen LogP contribution is -2.37. The van der Waals surface area contributed by atoms with Crippen molar-refractivity contribution in [3.8, 4) is 5.69 Å². The molecule has 0 aliphatic heterocycles. The van der Waals surface area contributed by atoms with Crippen LogP contribution in [-0.2, 0) is 6.42 Å². The lowest BCUT2D eigenvalue weighted by Gasteiger charge is -2.09. The number of aliphatic imine (C=N–C) groups is 1. The van der Waals surface area contributed by atoms with Gasteiger partial charge in [-0.05, 0) is 37.5 Å². The molecule has 0 spiro atoms. The third-order valence-corrected chi connectivity index (χ3v) is 3.57. The molecule has 0 radical (unpaired) electrons. The Kier molecular flexibility index (Phi) is 6.41. The quantitative estimate of drug-likeness (QED) is 0.357. The van der Waals surface area contributed by atoms with Crippen LogP contribution in [-0.4, -0.2) is 35.9 Å². The van der Waals surface area contributed by atoms with Crippen LogP contribution in [0, 0.1) is 6.92 Å². The Morgan fingerprint density at radius 1 is 1.30 bits per heavy atom. The minimum Gasteiger partial charge on any atom is -0.356 e. The third-order valence-electron chi connectivity index (χ3n) is 3.57. The molecule has 0 unspecified atom stereocenters. The molecule has 0 saturated heterocycles. The molecule has 23 heavy (non-hydrogen) atoms. The van der Waals surface area contributed by atoms with Crippen LogP contribution in [0.5, 0.6) is 0 Å². The van der Waals surface area contributed by atoms with Crippen molar-refractivity contribution in [3.05, 3.63) is 60.4 Å². The van der Waals surface area contributed by atoms with Gasteiger partial charge in [-0.2, -0.15) is 5.10 Å². The first-order valence-electron chi connectivity index (χ1n) is 7.90. The van der Waals surface area contributed by atoms with Gasteiger partial charge >= 0.3 is 0 Å². The van der Waals surface area contributed by atoms with Crippen molar-refractivity contribution in [2.45, 2.75) is 19.8 Å². The molecule has 0 bridgehead atoms. The molecule has 1 aromatic carbocycles. The molecule has 0 amide bonds. The Balaban J connectivity index is 1.85. The topological polar surface area (TPSA) is 54.2 Å². The highest BCUT2D eigenvalue weighted by molar-refractivity contribution is 5.79. The molecule has 0 fully saturated rings. The molecular formula is C18H25N5. The number of rotatable bonds is 7. The Morgan fingerprint density at radius 2 is 2.09 bits per heavy atom. The number of aromatic nitrogens is 2. The summed E-state index contributed by atoms with van der Waals surface area (Å²) in [6, 6.07) is 10.2. The first-order chi connectivity index (χ1) is 11.2. The van der Waals surface area contributed by atoms with Crippen molar-refractivity contribution in [2.75, 3.05) is 20.1 Å². The molecule has 1 heterocycles. The normalized spacial score (nSPS) is 11.3. The molecule has 0 atom stereocenters. The fourth-order valence-electron chi connectivity index (χ4n) is 2.33. The highest BCUT2D eigenvalue weighted by Crippen LogP contribution is 2.13. The molecule has 5 heteroatoms. The van der Waals surface area contributed by atoms with E-state index in [2.05, 4.69) is 52.6 Å². The molecule has 2 rings (SSSR count). The van der Waals surface area contributed by atoms with E-state index in [9.17, 15) is 0 Å². The van der Waals surface area contributed by atoms with Crippen LogP contribution in [0.25, 0.3) is 5.69 Å². The number of benzene rings is 1. The minimum atomic E-state index is 0.711. The molecule has 0 aliphatic rings. The van der Waals surface area contributed by atoms with Gasteiger partial charge in [-0.15, -0.1) is 6.58 Å². The van der Waals surface area contributed by atoms with Crippen LogP contribution in [0.2, 0.25) is 0 Å². The van der Waals surface area contributed by atoms with Crippen LogP contribution >= 0.6 is 0 Å². The number of hydrogen-bond donors (Lipinski definition) is 2. The van der Waals surface area contributed by atoms with Gasteiger partial charge in [0.1, 0.15) is 0 Å². The van der Waals surface area contributed by atoms with Gasteiger partial charge in [0.2, 0.25) is 0 Å². The predicted octanol–water partition coefficient (Wildman–Crippen LogP) is 2.46. The van der Waals surface area contributed by atoms with E-state index in [0.717, 1.165) is 36.7 Å². The summed E-state index contributed by atoms with van der Waals surface area (Å²) in [5.41, 5.74) is 3.46. The fourth-order valence-corrected chi connectivity index (χ4v) is 2.33. The molecule has 2 aromatic rings. The second-order valence-corrected chi connectivity index (χ2v) is 5.29. The standard InChI is InChI=1S/C18H25N5/c1-4-12-20-18(19-3)21-13-8-9-16-14-23(22-15(16)2)17-10-6-5-7-11-17/h4-7,10-11,14H,1,8-9,12-13H2,2-3H3,(H2,19,20,21). The Labute approximate surface area is 138 Å². The van der Waals surface area contributed by atoms with Gasteiger partial charge in [0, 0.05) is 26.3 Å². The van der Waals surface area contributed by atoms with Gasteiger partial charge in [-0.25, -0.2) is 4.68 Å². The van der Waals surface area contributed by atoms with Crippen LogP contribution in [0.4, 0.5) is 0 Å². The number of aryl methyl sites for hydroxylation is 2. The molecule has 122 valence electrons. The minimum absolute atomic E-state index is 0.711. The van der Waals surface area contributed by atoms with Crippen molar-refractivity contribution in [3.63, 3.8) is 0 Å². The van der Waals surface area contributed by atoms with E-state index in [1.54, 1.807) is 7.05 Å². The van der Waals surface area contributed by atoms with E-state index in [4.69, 9.17) is 0 Å². The van der Waals surface area contributed by atoms with E-state index < -0.39 is 0 Å². The molecule has 0 aliphatic carbocycles. The zero-order valence-corrected chi connectivity index (χ0v) is 13.9. The molecule has 5 nitrogen and oxygen atoms in total. The van der Waals surface area contributed by atoms with Gasteiger partial charge < -0.3 is 10.6 Å². The molecule has 2 N–H and O–H groups in total. The van der Waals surface area contributed by atoms with E-state index in [-0.39, 0.29) is 0 Å². The van der Waals surface area contributed by atoms with Crippen molar-refractivity contribution in [1.82, 2.24) is 20.4 Å². The number of hydrogen-bond acceptors (Lipinski definition) is 2. The van der Waals surface area contributed by atoms with Crippen LogP contribution in [0.3, 0.4) is 0 Å². The van der Waals surface area contributed by atoms with Crippen molar-refractivity contribution >= 4 is 5.96 Å². The lowest BCUT2D eigenvalue weighted by molar-refractivity contribution is 0.751. The second kappa shape index (κ2) is 8.78. The highest BCUT2D eigenvalue weighted by atomic mass is 15.3. The van der Waals surface area contributed by atoms with Crippen LogP contribution < -0.4 is 10.6 Å². The smallest absolute Gasteiger partial charge is 0.191 e. The molecule has 1 aromatic heterocycles. The summed E-state index contributed by atoms with van der Waals surface area (Å²) >= 11 is 0. The fraction of sp³-hybridized carbons (Fsp3) is 0.333. The number of nitrogens with one attached hydrogen (secondary N) is 2. The average molecular weight is 311 g/mol. The van der Waals surface area contributed by atoms with E-state index in [1.807, 2.05) is 29.0 Å². The Bertz CT molecular complexity index is 643. The Morgan fingerprint density at radius 3 is 2.78 bits per heavy atom. The predicted molar refractivity (Wildman–Crippen MR) is 96.2 cm³/mol. The second-order valence-electron chi connectivity index (χ2n) is 5.29. The molecular weight excluding hydrogens is 286 g/mol. The van der Waals surface area contributed by atoms with E-state index in [0.29, 0.717) is 6.54 Å². The Hall–Kier alpha value is -2.56. The first-order valence-corrected chi connectivity index (χ1v) is 7.90. The van der Waals surface area contributed by atoms with Crippen molar-refractivity contribution < 1.29 is 0 Å². The summed E-state index contributed by atoms with van der Waals surface area (Å²) in [6.45, 7) is 7.33. The highest BCUT2D eigenvalue weighted by Gasteiger charge is 2.06. The zero-order valence-electron chi connectivity index (χ0n) is 13.9.